The van der Waals surface area contributed by atoms with Crippen LogP contribution in [0.5, 0.6) is 5.75 Å². The fourth-order valence-corrected chi connectivity index (χ4v) is 4.83. The molecule has 0 unspecified atom stereocenters. The van der Waals surface area contributed by atoms with E-state index in [-0.39, 0.29) is 56.3 Å². The van der Waals surface area contributed by atoms with E-state index in [2.05, 4.69) is 5.32 Å². The van der Waals surface area contributed by atoms with Crippen molar-refractivity contribution in [2.75, 3.05) is 32.2 Å². The van der Waals surface area contributed by atoms with Crippen LogP contribution in [0, 0.1) is 18.3 Å². The zero-order chi connectivity index (χ0) is 30.2. The molecule has 0 saturated heterocycles. The van der Waals surface area contributed by atoms with Gasteiger partial charge in [0.1, 0.15) is 18.4 Å². The molecule has 214 valence electrons. The number of ether oxygens (including phenoxy) is 3. The first-order chi connectivity index (χ1) is 19.5. The Hall–Kier alpha value is -4.15. The summed E-state index contributed by atoms with van der Waals surface area (Å²) in [6.07, 6.45) is -1.16. The number of ketones is 1. The average molecular weight is 620 g/mol. The van der Waals surface area contributed by atoms with Crippen LogP contribution in [0.15, 0.2) is 59.5 Å². The van der Waals surface area contributed by atoms with Gasteiger partial charge in [0.2, 0.25) is 0 Å². The van der Waals surface area contributed by atoms with Gasteiger partial charge in [-0.25, -0.2) is 17.9 Å². The molecule has 0 aliphatic heterocycles. The van der Waals surface area contributed by atoms with Gasteiger partial charge in [-0.1, -0.05) is 29.3 Å². The van der Waals surface area contributed by atoms with Gasteiger partial charge >= 0.3 is 6.09 Å². The summed E-state index contributed by atoms with van der Waals surface area (Å²) < 4.78 is 41.8. The lowest BCUT2D eigenvalue weighted by Gasteiger charge is -2.14. The maximum Gasteiger partial charge on any atom is 0.421 e. The SMILES string of the molecule is COCCOC(=O)NS(=O)(=O)c1ccc(NC(=O)COc2ccc(Cl)cc2C(=O)c2cccc(Cl)c2C#N)c(C)c1. The third kappa shape index (κ3) is 8.18. The standard InChI is InChI=1S/C27H23Cl2N3O8S/c1-16-12-18(41(36,37)32-27(35)39-11-10-38-2)7-8-23(16)31-25(33)15-40-24-9-6-17(28)13-20(24)26(34)19-4-3-5-22(29)21(19)14-30/h3-9,12-13H,10-11,15H2,1-2H3,(H,31,33)(H,32,35). The molecule has 41 heavy (non-hydrogen) atoms. The molecule has 3 aromatic rings. The van der Waals surface area contributed by atoms with Crippen molar-refractivity contribution in [3.05, 3.63) is 86.9 Å². The topological polar surface area (TPSA) is 161 Å². The minimum Gasteiger partial charge on any atom is -0.483 e. The Balaban J connectivity index is 1.70. The highest BCUT2D eigenvalue weighted by Gasteiger charge is 2.22. The summed E-state index contributed by atoms with van der Waals surface area (Å²) in [7, 11) is -2.83. The predicted molar refractivity (Wildman–Crippen MR) is 150 cm³/mol. The van der Waals surface area contributed by atoms with Gasteiger partial charge < -0.3 is 19.5 Å². The Morgan fingerprint density at radius 3 is 2.44 bits per heavy atom. The summed E-state index contributed by atoms with van der Waals surface area (Å²) in [5.41, 5.74) is 0.705. The number of rotatable bonds is 11. The van der Waals surface area contributed by atoms with E-state index < -0.39 is 34.4 Å². The number of aryl methyl sites for hydroxylation is 1. The van der Waals surface area contributed by atoms with E-state index in [9.17, 15) is 28.1 Å². The second kappa shape index (κ2) is 14.0. The van der Waals surface area contributed by atoms with Crippen molar-refractivity contribution in [1.82, 2.24) is 4.72 Å². The largest absolute Gasteiger partial charge is 0.483 e. The molecule has 3 aromatic carbocycles. The fraction of sp³-hybridized carbons (Fsp3) is 0.185. The van der Waals surface area contributed by atoms with Crippen LogP contribution in [-0.4, -0.2) is 53.1 Å². The number of anilines is 1. The van der Waals surface area contributed by atoms with Crippen molar-refractivity contribution >= 4 is 56.7 Å². The number of nitrogens with zero attached hydrogens (tertiary/aromatic N) is 1. The molecule has 0 aliphatic rings. The number of halogens is 2. The smallest absolute Gasteiger partial charge is 0.421 e. The summed E-state index contributed by atoms with van der Waals surface area (Å²) in [6, 6.07) is 14.4. The van der Waals surface area contributed by atoms with Crippen LogP contribution >= 0.6 is 23.2 Å². The van der Waals surface area contributed by atoms with E-state index in [0.717, 1.165) is 0 Å². The maximum absolute atomic E-state index is 13.2. The molecule has 2 N–H and O–H groups in total. The first-order valence-electron chi connectivity index (χ1n) is 11.7. The maximum atomic E-state index is 13.2. The highest BCUT2D eigenvalue weighted by Crippen LogP contribution is 2.29. The lowest BCUT2D eigenvalue weighted by atomic mass is 9.98. The molecular weight excluding hydrogens is 597 g/mol. The van der Waals surface area contributed by atoms with Crippen molar-refractivity contribution in [3.63, 3.8) is 0 Å². The fourth-order valence-electron chi connectivity index (χ4n) is 3.47. The van der Waals surface area contributed by atoms with Crippen molar-refractivity contribution in [2.24, 2.45) is 0 Å². The highest BCUT2D eigenvalue weighted by molar-refractivity contribution is 7.90. The molecule has 2 amide bonds. The minimum atomic E-state index is -4.23. The molecule has 0 spiro atoms. The lowest BCUT2D eigenvalue weighted by Crippen LogP contribution is -2.32. The van der Waals surface area contributed by atoms with E-state index in [1.165, 1.54) is 61.7 Å². The predicted octanol–water partition coefficient (Wildman–Crippen LogP) is 4.48. The summed E-state index contributed by atoms with van der Waals surface area (Å²) in [4.78, 5) is 37.4. The second-order valence-electron chi connectivity index (χ2n) is 8.29. The van der Waals surface area contributed by atoms with Gasteiger partial charge in [0, 0.05) is 23.4 Å². The Labute approximate surface area is 246 Å². The minimum absolute atomic E-state index is 0.0121. The van der Waals surface area contributed by atoms with Crippen LogP contribution in [0.2, 0.25) is 10.0 Å². The third-order valence-corrected chi connectivity index (χ3v) is 7.30. The van der Waals surface area contributed by atoms with Crippen molar-refractivity contribution in [2.45, 2.75) is 11.8 Å². The molecule has 0 aromatic heterocycles. The van der Waals surface area contributed by atoms with Crippen LogP contribution in [0.3, 0.4) is 0 Å². The third-order valence-electron chi connectivity index (χ3n) is 5.44. The number of amides is 2. The Bertz CT molecular complexity index is 1640. The second-order valence-corrected chi connectivity index (χ2v) is 10.8. The van der Waals surface area contributed by atoms with Crippen LogP contribution in [-0.2, 0) is 24.3 Å². The van der Waals surface area contributed by atoms with Gasteiger partial charge in [0.05, 0.1) is 27.7 Å². The molecule has 11 nitrogen and oxygen atoms in total. The Morgan fingerprint density at radius 2 is 1.76 bits per heavy atom. The monoisotopic (exact) mass is 619 g/mol. The highest BCUT2D eigenvalue weighted by atomic mass is 35.5. The number of sulfonamides is 1. The zero-order valence-electron chi connectivity index (χ0n) is 21.7. The number of carbonyl (C=O) groups excluding carboxylic acids is 3. The van der Waals surface area contributed by atoms with Crippen LogP contribution in [0.1, 0.15) is 27.0 Å². The first kappa shape index (κ1) is 31.4. The average Bonchev–Trinajstić information content (AvgIpc) is 2.92. The molecule has 0 heterocycles. The molecule has 14 heteroatoms. The zero-order valence-corrected chi connectivity index (χ0v) is 24.0. The van der Waals surface area contributed by atoms with Crippen LogP contribution in [0.25, 0.3) is 0 Å². The Morgan fingerprint density at radius 1 is 1.00 bits per heavy atom. The normalized spacial score (nSPS) is 10.8. The molecular formula is C27H23Cl2N3O8S. The Kier molecular flexibility index (Phi) is 10.7. The van der Waals surface area contributed by atoms with Gasteiger partial charge in [0.25, 0.3) is 15.9 Å². The molecule has 0 aliphatic carbocycles. The number of nitrogens with one attached hydrogen (secondary N) is 2. The number of nitriles is 1. The molecule has 0 atom stereocenters. The molecule has 0 radical (unpaired) electrons. The van der Waals surface area contributed by atoms with Crippen LogP contribution in [0.4, 0.5) is 10.5 Å². The van der Waals surface area contributed by atoms with E-state index in [0.29, 0.717) is 5.56 Å². The summed E-state index contributed by atoms with van der Waals surface area (Å²) in [5, 5.41) is 12.4. The quantitative estimate of drug-likeness (QED) is 0.233. The van der Waals surface area contributed by atoms with E-state index in [4.69, 9.17) is 37.4 Å². The lowest BCUT2D eigenvalue weighted by molar-refractivity contribution is -0.118. The molecule has 3 rings (SSSR count). The van der Waals surface area contributed by atoms with Gasteiger partial charge in [-0.3, -0.25) is 9.59 Å². The van der Waals surface area contributed by atoms with E-state index >= 15 is 0 Å². The number of methoxy groups -OCH3 is 1. The summed E-state index contributed by atoms with van der Waals surface area (Å²) in [5.74, 6) is -1.15. The number of hydrogen-bond donors (Lipinski definition) is 2. The molecule has 0 bridgehead atoms. The first-order valence-corrected chi connectivity index (χ1v) is 14.0. The van der Waals surface area contributed by atoms with E-state index in [1.54, 1.807) is 11.6 Å². The van der Waals surface area contributed by atoms with Gasteiger partial charge in [-0.2, -0.15) is 5.26 Å². The van der Waals surface area contributed by atoms with Crippen molar-refractivity contribution in [3.8, 4) is 11.8 Å². The van der Waals surface area contributed by atoms with Crippen LogP contribution < -0.4 is 14.8 Å². The number of carbonyl (C=O) groups is 3. The van der Waals surface area contributed by atoms with Crippen molar-refractivity contribution in [1.29, 1.82) is 5.26 Å². The summed E-state index contributed by atoms with van der Waals surface area (Å²) >= 11 is 12.1. The number of benzene rings is 3. The summed E-state index contributed by atoms with van der Waals surface area (Å²) in [6.45, 7) is 1.01. The van der Waals surface area contributed by atoms with Crippen molar-refractivity contribution < 1.29 is 37.0 Å². The molecule has 0 fully saturated rings. The molecule has 0 saturated carbocycles. The van der Waals surface area contributed by atoms with Gasteiger partial charge in [-0.15, -0.1) is 0 Å². The number of hydrogen-bond acceptors (Lipinski definition) is 9. The van der Waals surface area contributed by atoms with Gasteiger partial charge in [0.15, 0.2) is 12.4 Å². The van der Waals surface area contributed by atoms with Gasteiger partial charge in [-0.05, 0) is 61.0 Å². The van der Waals surface area contributed by atoms with E-state index in [1.807, 2.05) is 6.07 Å².